The van der Waals surface area contributed by atoms with Gasteiger partial charge in [-0.25, -0.2) is 4.98 Å². The van der Waals surface area contributed by atoms with Crippen molar-refractivity contribution in [1.82, 2.24) is 4.98 Å². The third-order valence-corrected chi connectivity index (χ3v) is 3.05. The van der Waals surface area contributed by atoms with E-state index in [0.717, 1.165) is 5.03 Å². The number of nitrogens with zero attached hydrogens (tertiary/aromatic N) is 1. The molecule has 0 saturated heterocycles. The third-order valence-electron chi connectivity index (χ3n) is 1.83. The fourth-order valence-corrected chi connectivity index (χ4v) is 2.01. The number of aryl methyl sites for hydroxylation is 1. The minimum absolute atomic E-state index is 0.242. The number of rotatable bonds is 1. The lowest BCUT2D eigenvalue weighted by Gasteiger charge is -2.18. The first-order valence-electron chi connectivity index (χ1n) is 4.51. The van der Waals surface area contributed by atoms with Gasteiger partial charge in [0, 0.05) is 10.9 Å². The van der Waals surface area contributed by atoms with Crippen molar-refractivity contribution in [2.75, 3.05) is 0 Å². The van der Waals surface area contributed by atoms with Crippen molar-refractivity contribution in [3.05, 3.63) is 23.4 Å². The molecular formula is C11H17NS. The first-order chi connectivity index (χ1) is 5.90. The molecule has 1 rings (SSSR count). The molecule has 0 N–H and O–H groups in total. The Labute approximate surface area is 85.0 Å². The molecule has 13 heavy (non-hydrogen) atoms. The number of pyridine rings is 1. The maximum Gasteiger partial charge on any atom is 0.0996 e. The molecule has 0 aliphatic rings. The summed E-state index contributed by atoms with van der Waals surface area (Å²) in [6, 6.07) is 2.06. The van der Waals surface area contributed by atoms with Crippen LogP contribution < -0.4 is 0 Å². The molecule has 0 aliphatic heterocycles. The molecule has 0 unspecified atom stereocenters. The molecule has 0 amide bonds. The molecule has 2 heteroatoms. The van der Waals surface area contributed by atoms with E-state index in [1.807, 2.05) is 18.0 Å². The van der Waals surface area contributed by atoms with Crippen molar-refractivity contribution in [2.45, 2.75) is 44.4 Å². The average Bonchev–Trinajstić information content (AvgIpc) is 1.96. The summed E-state index contributed by atoms with van der Waals surface area (Å²) in [5.41, 5.74) is 2.63. The van der Waals surface area contributed by atoms with Gasteiger partial charge >= 0.3 is 0 Å². The highest BCUT2D eigenvalue weighted by molar-refractivity contribution is 8.00. The predicted octanol–water partition coefficient (Wildman–Crippen LogP) is 3.59. The second-order valence-electron chi connectivity index (χ2n) is 4.27. The monoisotopic (exact) mass is 195 g/mol. The van der Waals surface area contributed by atoms with Crippen LogP contribution in [0.25, 0.3) is 0 Å². The van der Waals surface area contributed by atoms with Gasteiger partial charge in [-0.1, -0.05) is 20.8 Å². The van der Waals surface area contributed by atoms with Crippen molar-refractivity contribution in [3.63, 3.8) is 0 Å². The smallest absolute Gasteiger partial charge is 0.0996 e. The van der Waals surface area contributed by atoms with Gasteiger partial charge in [0.1, 0.15) is 0 Å². The Balaban J connectivity index is 2.96. The topological polar surface area (TPSA) is 12.9 Å². The van der Waals surface area contributed by atoms with Gasteiger partial charge in [0.05, 0.1) is 5.03 Å². The molecule has 0 radical (unpaired) electrons. The van der Waals surface area contributed by atoms with E-state index in [1.54, 1.807) is 0 Å². The molecule has 0 aromatic carbocycles. The van der Waals surface area contributed by atoms with E-state index in [9.17, 15) is 0 Å². The zero-order chi connectivity index (χ0) is 10.1. The van der Waals surface area contributed by atoms with Crippen molar-refractivity contribution in [2.24, 2.45) is 0 Å². The maximum absolute atomic E-state index is 4.39. The van der Waals surface area contributed by atoms with Gasteiger partial charge in [-0.05, 0) is 31.0 Å². The molecule has 1 nitrogen and oxygen atoms in total. The van der Waals surface area contributed by atoms with Crippen LogP contribution in [-0.4, -0.2) is 9.73 Å². The average molecular weight is 195 g/mol. The van der Waals surface area contributed by atoms with Crippen LogP contribution in [0.5, 0.6) is 0 Å². The minimum Gasteiger partial charge on any atom is -0.250 e. The van der Waals surface area contributed by atoms with Crippen molar-refractivity contribution in [1.29, 1.82) is 0 Å². The fourth-order valence-electron chi connectivity index (χ4n) is 1.00. The molecule has 1 aromatic heterocycles. The molecule has 0 spiro atoms. The highest BCUT2D eigenvalue weighted by atomic mass is 32.2. The highest BCUT2D eigenvalue weighted by Crippen LogP contribution is 2.32. The molecule has 1 heterocycles. The maximum atomic E-state index is 4.39. The molecule has 72 valence electrons. The molecule has 1 aromatic rings. The lowest BCUT2D eigenvalue weighted by atomic mass is 10.2. The van der Waals surface area contributed by atoms with E-state index in [4.69, 9.17) is 0 Å². The zero-order valence-electron chi connectivity index (χ0n) is 9.01. The summed E-state index contributed by atoms with van der Waals surface area (Å²) in [7, 11) is 0. The van der Waals surface area contributed by atoms with Crippen LogP contribution in [0.4, 0.5) is 0 Å². The fraction of sp³-hybridized carbons (Fsp3) is 0.545. The molecule has 0 bridgehead atoms. The Kier molecular flexibility index (Phi) is 3.01. The van der Waals surface area contributed by atoms with Crippen molar-refractivity contribution < 1.29 is 0 Å². The Morgan fingerprint density at radius 3 is 2.38 bits per heavy atom. The Hall–Kier alpha value is -0.500. The summed E-state index contributed by atoms with van der Waals surface area (Å²) in [6.45, 7) is 10.9. The van der Waals surface area contributed by atoms with Gasteiger partial charge in [0.15, 0.2) is 0 Å². The molecular weight excluding hydrogens is 178 g/mol. The van der Waals surface area contributed by atoms with Gasteiger partial charge in [0.25, 0.3) is 0 Å². The van der Waals surface area contributed by atoms with Gasteiger partial charge < -0.3 is 0 Å². The van der Waals surface area contributed by atoms with E-state index in [2.05, 4.69) is 45.7 Å². The van der Waals surface area contributed by atoms with Gasteiger partial charge in [-0.3, -0.25) is 0 Å². The third kappa shape index (κ3) is 3.03. The standard InChI is InChI=1S/C11H17NS/c1-8-6-7-12-10(9(8)2)13-11(3,4)5/h6-7H,1-5H3. The Morgan fingerprint density at radius 1 is 1.23 bits per heavy atom. The second-order valence-corrected chi connectivity index (χ2v) is 6.09. The van der Waals surface area contributed by atoms with Gasteiger partial charge in [0.2, 0.25) is 0 Å². The summed E-state index contributed by atoms with van der Waals surface area (Å²) in [6.07, 6.45) is 1.89. The predicted molar refractivity (Wildman–Crippen MR) is 59.3 cm³/mol. The first-order valence-corrected chi connectivity index (χ1v) is 5.33. The first kappa shape index (κ1) is 10.6. The van der Waals surface area contributed by atoms with E-state index in [-0.39, 0.29) is 4.75 Å². The second kappa shape index (κ2) is 3.70. The Bertz CT molecular complexity index is 299. The lowest BCUT2D eigenvalue weighted by Crippen LogP contribution is -2.08. The van der Waals surface area contributed by atoms with Gasteiger partial charge in [-0.2, -0.15) is 0 Å². The normalized spacial score (nSPS) is 11.8. The van der Waals surface area contributed by atoms with E-state index in [1.165, 1.54) is 11.1 Å². The van der Waals surface area contributed by atoms with E-state index < -0.39 is 0 Å². The zero-order valence-corrected chi connectivity index (χ0v) is 9.83. The molecule has 0 aliphatic carbocycles. The molecule has 0 saturated carbocycles. The summed E-state index contributed by atoms with van der Waals surface area (Å²) < 4.78 is 0.242. The SMILES string of the molecule is Cc1ccnc(SC(C)(C)C)c1C. The quantitative estimate of drug-likeness (QED) is 0.635. The minimum atomic E-state index is 0.242. The summed E-state index contributed by atoms with van der Waals surface area (Å²) in [5, 5.41) is 1.16. The van der Waals surface area contributed by atoms with Crippen LogP contribution >= 0.6 is 11.8 Å². The van der Waals surface area contributed by atoms with Gasteiger partial charge in [-0.15, -0.1) is 11.8 Å². The summed E-state index contributed by atoms with van der Waals surface area (Å²) >= 11 is 1.83. The van der Waals surface area contributed by atoms with Crippen LogP contribution in [0.15, 0.2) is 17.3 Å². The number of thioether (sulfide) groups is 1. The van der Waals surface area contributed by atoms with Crippen molar-refractivity contribution in [3.8, 4) is 0 Å². The number of aromatic nitrogens is 1. The Morgan fingerprint density at radius 2 is 1.85 bits per heavy atom. The van der Waals surface area contributed by atoms with Crippen molar-refractivity contribution >= 4 is 11.8 Å². The molecule has 0 fully saturated rings. The number of hydrogen-bond acceptors (Lipinski definition) is 2. The summed E-state index contributed by atoms with van der Waals surface area (Å²) in [5.74, 6) is 0. The van der Waals surface area contributed by atoms with Crippen LogP contribution in [0.1, 0.15) is 31.9 Å². The molecule has 0 atom stereocenters. The largest absolute Gasteiger partial charge is 0.250 e. The van der Waals surface area contributed by atoms with E-state index >= 15 is 0 Å². The van der Waals surface area contributed by atoms with Crippen LogP contribution in [0, 0.1) is 13.8 Å². The lowest BCUT2D eigenvalue weighted by molar-refractivity contribution is 0.797. The van der Waals surface area contributed by atoms with E-state index in [0.29, 0.717) is 0 Å². The van der Waals surface area contributed by atoms with Crippen LogP contribution in [-0.2, 0) is 0 Å². The van der Waals surface area contributed by atoms with Crippen LogP contribution in [0.2, 0.25) is 0 Å². The van der Waals surface area contributed by atoms with Crippen LogP contribution in [0.3, 0.4) is 0 Å². The summed E-state index contributed by atoms with van der Waals surface area (Å²) in [4.78, 5) is 4.39. The number of hydrogen-bond donors (Lipinski definition) is 0. The highest BCUT2D eigenvalue weighted by Gasteiger charge is 2.14.